The van der Waals surface area contributed by atoms with E-state index >= 15 is 0 Å². The lowest BCUT2D eigenvalue weighted by molar-refractivity contribution is -0.138. The Kier molecular flexibility index (Phi) is 4.35. The Morgan fingerprint density at radius 1 is 1.39 bits per heavy atom. The third-order valence-electron chi connectivity index (χ3n) is 4.72. The van der Waals surface area contributed by atoms with E-state index in [9.17, 15) is 19.1 Å². The van der Waals surface area contributed by atoms with E-state index in [-0.39, 0.29) is 17.6 Å². The number of hydrogen-bond donors (Lipinski definition) is 2. The fourth-order valence-corrected chi connectivity index (χ4v) is 3.37. The zero-order valence-electron chi connectivity index (χ0n) is 12.9. The van der Waals surface area contributed by atoms with Crippen LogP contribution in [-0.4, -0.2) is 46.6 Å². The number of piperidine rings is 1. The third-order valence-corrected chi connectivity index (χ3v) is 4.72. The van der Waals surface area contributed by atoms with Crippen LogP contribution >= 0.6 is 0 Å². The number of benzene rings is 1. The summed E-state index contributed by atoms with van der Waals surface area (Å²) in [6, 6.07) is 5.83. The number of carbonyl (C=O) groups excluding carboxylic acids is 2. The van der Waals surface area contributed by atoms with Crippen LogP contribution < -0.4 is 5.32 Å². The Bertz CT molecular complexity index is 612. The fourth-order valence-electron chi connectivity index (χ4n) is 3.37. The van der Waals surface area contributed by atoms with Gasteiger partial charge < -0.3 is 15.3 Å². The molecular formula is C17H21FN2O3. The summed E-state index contributed by atoms with van der Waals surface area (Å²) in [4.78, 5) is 25.3. The van der Waals surface area contributed by atoms with Gasteiger partial charge in [-0.05, 0) is 37.0 Å². The van der Waals surface area contributed by atoms with E-state index in [1.165, 1.54) is 12.1 Å². The van der Waals surface area contributed by atoms with E-state index in [1.54, 1.807) is 17.0 Å². The molecule has 0 radical (unpaired) electrons. The number of nitrogens with zero attached hydrogens (tertiary/aromatic N) is 1. The molecule has 2 heterocycles. The molecule has 2 aliphatic heterocycles. The average molecular weight is 320 g/mol. The Morgan fingerprint density at radius 3 is 2.74 bits per heavy atom. The number of hydrogen-bond acceptors (Lipinski definition) is 3. The molecule has 124 valence electrons. The molecule has 2 amide bonds. The summed E-state index contributed by atoms with van der Waals surface area (Å²) in [6.45, 7) is 0.911. The van der Waals surface area contributed by atoms with Crippen molar-refractivity contribution in [2.75, 3.05) is 13.1 Å². The first-order valence-corrected chi connectivity index (χ1v) is 8.00. The minimum atomic E-state index is -0.913. The molecule has 2 saturated heterocycles. The summed E-state index contributed by atoms with van der Waals surface area (Å²) >= 11 is 0. The number of rotatable bonds is 3. The first-order valence-electron chi connectivity index (χ1n) is 8.00. The average Bonchev–Trinajstić information content (AvgIpc) is 2.93. The van der Waals surface area contributed by atoms with Gasteiger partial charge in [0.15, 0.2) is 0 Å². The lowest BCUT2D eigenvalue weighted by atomic mass is 9.85. The summed E-state index contributed by atoms with van der Waals surface area (Å²) < 4.78 is 13.2. The van der Waals surface area contributed by atoms with Gasteiger partial charge in [-0.15, -0.1) is 0 Å². The van der Waals surface area contributed by atoms with Crippen LogP contribution in [0.1, 0.15) is 31.2 Å². The predicted octanol–water partition coefficient (Wildman–Crippen LogP) is 1.00. The van der Waals surface area contributed by atoms with Crippen LogP contribution in [0.3, 0.4) is 0 Å². The molecule has 0 aromatic heterocycles. The molecular weight excluding hydrogens is 299 g/mol. The van der Waals surface area contributed by atoms with Gasteiger partial charge >= 0.3 is 0 Å². The minimum Gasteiger partial charge on any atom is -0.389 e. The quantitative estimate of drug-likeness (QED) is 0.873. The summed E-state index contributed by atoms with van der Waals surface area (Å²) in [5.41, 5.74) is -0.154. The monoisotopic (exact) mass is 320 g/mol. The number of aliphatic hydroxyl groups is 1. The Morgan fingerprint density at radius 2 is 2.13 bits per heavy atom. The molecule has 0 saturated carbocycles. The topological polar surface area (TPSA) is 69.6 Å². The second-order valence-corrected chi connectivity index (χ2v) is 6.52. The maximum atomic E-state index is 13.2. The second-order valence-electron chi connectivity index (χ2n) is 6.52. The van der Waals surface area contributed by atoms with Gasteiger partial charge in [0, 0.05) is 25.9 Å². The largest absolute Gasteiger partial charge is 0.389 e. The van der Waals surface area contributed by atoms with Gasteiger partial charge in [-0.2, -0.15) is 0 Å². The smallest absolute Gasteiger partial charge is 0.245 e. The van der Waals surface area contributed by atoms with Crippen molar-refractivity contribution in [2.24, 2.45) is 0 Å². The fraction of sp³-hybridized carbons (Fsp3) is 0.529. The van der Waals surface area contributed by atoms with Crippen LogP contribution in [0.2, 0.25) is 0 Å². The molecule has 0 spiro atoms. The van der Waals surface area contributed by atoms with Gasteiger partial charge in [-0.1, -0.05) is 12.1 Å². The van der Waals surface area contributed by atoms with E-state index in [4.69, 9.17) is 0 Å². The van der Waals surface area contributed by atoms with E-state index in [0.717, 1.165) is 5.56 Å². The third kappa shape index (κ3) is 3.69. The van der Waals surface area contributed by atoms with E-state index in [1.807, 2.05) is 0 Å². The van der Waals surface area contributed by atoms with Crippen molar-refractivity contribution in [3.05, 3.63) is 35.6 Å². The number of nitrogens with one attached hydrogen (secondary N) is 1. The molecule has 2 fully saturated rings. The van der Waals surface area contributed by atoms with E-state index in [0.29, 0.717) is 45.2 Å². The Labute approximate surface area is 134 Å². The minimum absolute atomic E-state index is 0.0661. The molecule has 1 unspecified atom stereocenters. The highest BCUT2D eigenvalue weighted by Gasteiger charge is 2.37. The van der Waals surface area contributed by atoms with Gasteiger partial charge in [0.2, 0.25) is 11.8 Å². The summed E-state index contributed by atoms with van der Waals surface area (Å²) in [5, 5.41) is 13.4. The molecule has 0 bridgehead atoms. The molecule has 5 nitrogen and oxygen atoms in total. The van der Waals surface area contributed by atoms with Crippen LogP contribution in [0.4, 0.5) is 4.39 Å². The van der Waals surface area contributed by atoms with Gasteiger partial charge in [0.1, 0.15) is 11.9 Å². The SMILES string of the molecule is O=C1CCC(C(=O)N2CCC(O)(Cc3cccc(F)c3)CC2)N1. The van der Waals surface area contributed by atoms with Crippen LogP contribution in [0.25, 0.3) is 0 Å². The maximum Gasteiger partial charge on any atom is 0.245 e. The van der Waals surface area contributed by atoms with Gasteiger partial charge in [0.05, 0.1) is 5.60 Å². The second kappa shape index (κ2) is 6.28. The highest BCUT2D eigenvalue weighted by Crippen LogP contribution is 2.27. The Hall–Kier alpha value is -1.95. The highest BCUT2D eigenvalue weighted by molar-refractivity contribution is 5.90. The molecule has 0 aliphatic carbocycles. The number of likely N-dealkylation sites (tertiary alicyclic amines) is 1. The van der Waals surface area contributed by atoms with Crippen LogP contribution in [0.5, 0.6) is 0 Å². The van der Waals surface area contributed by atoms with Gasteiger partial charge in [-0.25, -0.2) is 4.39 Å². The number of amides is 2. The molecule has 2 aliphatic rings. The van der Waals surface area contributed by atoms with Gasteiger partial charge in [-0.3, -0.25) is 9.59 Å². The lowest BCUT2D eigenvalue weighted by Crippen LogP contribution is -2.52. The number of carbonyl (C=O) groups is 2. The summed E-state index contributed by atoms with van der Waals surface area (Å²) in [7, 11) is 0. The van der Waals surface area contributed by atoms with Crippen molar-refractivity contribution in [1.82, 2.24) is 10.2 Å². The first kappa shape index (κ1) is 15.9. The maximum absolute atomic E-state index is 13.2. The van der Waals surface area contributed by atoms with E-state index in [2.05, 4.69) is 5.32 Å². The van der Waals surface area contributed by atoms with Crippen molar-refractivity contribution >= 4 is 11.8 Å². The van der Waals surface area contributed by atoms with Crippen LogP contribution in [0.15, 0.2) is 24.3 Å². The van der Waals surface area contributed by atoms with Crippen molar-refractivity contribution in [1.29, 1.82) is 0 Å². The standard InChI is InChI=1S/C17H21FN2O3/c18-13-3-1-2-12(10-13)11-17(23)6-8-20(9-7-17)16(22)14-4-5-15(21)19-14/h1-3,10,14,23H,4-9,11H2,(H,19,21). The van der Waals surface area contributed by atoms with Crippen LogP contribution in [0, 0.1) is 5.82 Å². The summed E-state index contributed by atoms with van der Waals surface area (Å²) in [6.07, 6.45) is 2.23. The van der Waals surface area contributed by atoms with Crippen molar-refractivity contribution in [2.45, 2.75) is 43.7 Å². The molecule has 1 aromatic rings. The summed E-state index contributed by atoms with van der Waals surface area (Å²) in [5.74, 6) is -0.456. The molecule has 1 atom stereocenters. The van der Waals surface area contributed by atoms with Crippen LogP contribution in [-0.2, 0) is 16.0 Å². The Balaban J connectivity index is 1.57. The first-order chi connectivity index (χ1) is 11.0. The van der Waals surface area contributed by atoms with Crippen molar-refractivity contribution < 1.29 is 19.1 Å². The molecule has 3 rings (SSSR count). The van der Waals surface area contributed by atoms with Crippen molar-refractivity contribution in [3.8, 4) is 0 Å². The predicted molar refractivity (Wildman–Crippen MR) is 82.0 cm³/mol. The highest BCUT2D eigenvalue weighted by atomic mass is 19.1. The van der Waals surface area contributed by atoms with E-state index < -0.39 is 11.6 Å². The zero-order chi connectivity index (χ0) is 16.4. The molecule has 1 aromatic carbocycles. The lowest BCUT2D eigenvalue weighted by Gasteiger charge is -2.39. The van der Waals surface area contributed by atoms with Crippen molar-refractivity contribution in [3.63, 3.8) is 0 Å². The molecule has 6 heteroatoms. The molecule has 23 heavy (non-hydrogen) atoms. The molecule has 2 N–H and O–H groups in total. The number of halogens is 1. The van der Waals surface area contributed by atoms with Gasteiger partial charge in [0.25, 0.3) is 0 Å². The zero-order valence-corrected chi connectivity index (χ0v) is 12.9. The normalized spacial score (nSPS) is 23.7.